The number of furan rings is 1. The van der Waals surface area contributed by atoms with Gasteiger partial charge < -0.3 is 14.1 Å². The highest BCUT2D eigenvalue weighted by atomic mass is 35.5. The molecule has 2 heterocycles. The van der Waals surface area contributed by atoms with Gasteiger partial charge in [0.15, 0.2) is 0 Å². The van der Waals surface area contributed by atoms with E-state index in [1.807, 2.05) is 18.2 Å². The number of hydrogen-bond donors (Lipinski definition) is 0. The highest BCUT2D eigenvalue weighted by Gasteiger charge is 2.25. The summed E-state index contributed by atoms with van der Waals surface area (Å²) in [6.07, 6.45) is 7.18. The number of thioether (sulfide) groups is 1. The SMILES string of the molecule is FC(F)Sc1ccc(-c2ccc(/C=N/N=C/C3=C(N4CCOCC4)C(=C/c4ccc(Cl)cc4Cl)/CC3)o2)cc1. The third kappa shape index (κ3) is 7.19. The summed E-state index contributed by atoms with van der Waals surface area (Å²) < 4.78 is 36.5. The van der Waals surface area contributed by atoms with Crippen LogP contribution in [0.15, 0.2) is 91.0 Å². The second-order valence-electron chi connectivity index (χ2n) is 8.90. The van der Waals surface area contributed by atoms with Crippen molar-refractivity contribution in [3.8, 4) is 11.3 Å². The number of hydrogen-bond acceptors (Lipinski definition) is 6. The number of alkyl halides is 2. The summed E-state index contributed by atoms with van der Waals surface area (Å²) in [5.41, 5.74) is 5.17. The summed E-state index contributed by atoms with van der Waals surface area (Å²) in [4.78, 5) is 2.84. The molecule has 39 heavy (non-hydrogen) atoms. The fourth-order valence-corrected chi connectivity index (χ4v) is 5.51. The lowest BCUT2D eigenvalue weighted by Gasteiger charge is -2.31. The Morgan fingerprint density at radius 3 is 2.44 bits per heavy atom. The second-order valence-corrected chi connectivity index (χ2v) is 10.8. The maximum Gasteiger partial charge on any atom is 0.288 e. The first kappa shape index (κ1) is 27.6. The van der Waals surface area contributed by atoms with Crippen LogP contribution in [0, 0.1) is 0 Å². The largest absolute Gasteiger partial charge is 0.455 e. The van der Waals surface area contributed by atoms with E-state index in [4.69, 9.17) is 32.4 Å². The second kappa shape index (κ2) is 13.0. The van der Waals surface area contributed by atoms with E-state index in [0.717, 1.165) is 48.3 Å². The van der Waals surface area contributed by atoms with Gasteiger partial charge in [0.25, 0.3) is 5.76 Å². The van der Waals surface area contributed by atoms with Gasteiger partial charge >= 0.3 is 0 Å². The summed E-state index contributed by atoms with van der Waals surface area (Å²) >= 11 is 13.0. The zero-order chi connectivity index (χ0) is 27.2. The summed E-state index contributed by atoms with van der Waals surface area (Å²) in [6, 6.07) is 15.9. The lowest BCUT2D eigenvalue weighted by molar-refractivity contribution is 0.0548. The van der Waals surface area contributed by atoms with Crippen molar-refractivity contribution < 1.29 is 17.9 Å². The van der Waals surface area contributed by atoms with Crippen molar-refractivity contribution in [1.82, 2.24) is 4.90 Å². The van der Waals surface area contributed by atoms with Gasteiger partial charge in [0.1, 0.15) is 11.5 Å². The Hall–Kier alpha value is -2.91. The number of halogens is 4. The van der Waals surface area contributed by atoms with Gasteiger partial charge in [-0.2, -0.15) is 19.0 Å². The summed E-state index contributed by atoms with van der Waals surface area (Å²) in [6.45, 7) is 2.96. The Morgan fingerprint density at radius 2 is 1.69 bits per heavy atom. The molecule has 0 unspecified atom stereocenters. The lowest BCUT2D eigenvalue weighted by Crippen LogP contribution is -2.36. The van der Waals surface area contributed by atoms with E-state index in [2.05, 4.69) is 21.2 Å². The molecule has 2 aliphatic rings. The molecule has 3 aromatic rings. The van der Waals surface area contributed by atoms with Crippen LogP contribution in [-0.2, 0) is 4.74 Å². The van der Waals surface area contributed by atoms with E-state index in [-0.39, 0.29) is 0 Å². The molecular formula is C29H25Cl2F2N3O2S. The predicted octanol–water partition coefficient (Wildman–Crippen LogP) is 8.44. The molecule has 2 aromatic carbocycles. The van der Waals surface area contributed by atoms with Crippen LogP contribution in [0.4, 0.5) is 8.78 Å². The number of ether oxygens (including phenoxy) is 1. The van der Waals surface area contributed by atoms with E-state index >= 15 is 0 Å². The topological polar surface area (TPSA) is 50.3 Å². The Morgan fingerprint density at radius 1 is 0.923 bits per heavy atom. The van der Waals surface area contributed by atoms with Crippen molar-refractivity contribution >= 4 is 53.5 Å². The molecule has 1 aromatic heterocycles. The molecule has 202 valence electrons. The fourth-order valence-electron chi connectivity index (χ4n) is 4.55. The number of benzene rings is 2. The van der Waals surface area contributed by atoms with Crippen LogP contribution in [0.1, 0.15) is 24.2 Å². The molecule has 5 rings (SSSR count). The number of morpholine rings is 1. The van der Waals surface area contributed by atoms with Gasteiger partial charge in [0, 0.05) is 39.3 Å². The standard InChI is InChI=1S/C29H25Cl2F2N3O2S/c30-23-6-3-20(26(31)16-23)15-21-1-2-22(28(21)36-11-13-37-14-12-36)17-34-35-18-24-7-10-27(38-24)19-4-8-25(9-5-19)39-29(32)33/h3-10,15-18,29H,1-2,11-14H2/b21-15+,34-17+,35-18+. The minimum Gasteiger partial charge on any atom is -0.455 e. The molecule has 1 aliphatic heterocycles. The van der Waals surface area contributed by atoms with Gasteiger partial charge in [-0.05, 0) is 72.0 Å². The van der Waals surface area contributed by atoms with E-state index in [1.54, 1.807) is 48.8 Å². The molecule has 0 atom stereocenters. The molecule has 1 saturated heterocycles. The van der Waals surface area contributed by atoms with Crippen LogP contribution in [0.3, 0.4) is 0 Å². The maximum atomic E-state index is 12.5. The Labute approximate surface area is 239 Å². The highest BCUT2D eigenvalue weighted by Crippen LogP contribution is 2.36. The molecule has 0 bridgehead atoms. The van der Waals surface area contributed by atoms with E-state index in [9.17, 15) is 8.78 Å². The van der Waals surface area contributed by atoms with Crippen molar-refractivity contribution in [1.29, 1.82) is 0 Å². The molecule has 0 radical (unpaired) electrons. The van der Waals surface area contributed by atoms with Gasteiger partial charge in [0.05, 0.1) is 25.6 Å². The smallest absolute Gasteiger partial charge is 0.288 e. The third-order valence-electron chi connectivity index (χ3n) is 6.35. The lowest BCUT2D eigenvalue weighted by atomic mass is 10.1. The average Bonchev–Trinajstić information content (AvgIpc) is 3.56. The van der Waals surface area contributed by atoms with Gasteiger partial charge in [0.2, 0.25) is 0 Å². The van der Waals surface area contributed by atoms with Crippen LogP contribution >= 0.6 is 35.0 Å². The van der Waals surface area contributed by atoms with Gasteiger partial charge in [-0.3, -0.25) is 0 Å². The highest BCUT2D eigenvalue weighted by molar-refractivity contribution is 7.99. The first-order valence-electron chi connectivity index (χ1n) is 12.4. The molecule has 10 heteroatoms. The normalized spacial score (nSPS) is 17.6. The third-order valence-corrected chi connectivity index (χ3v) is 7.63. The quantitative estimate of drug-likeness (QED) is 0.151. The van der Waals surface area contributed by atoms with Crippen LogP contribution in [0.25, 0.3) is 17.4 Å². The van der Waals surface area contributed by atoms with Crippen LogP contribution in [-0.4, -0.2) is 49.4 Å². The maximum absolute atomic E-state index is 12.5. The Kier molecular flexibility index (Phi) is 9.19. The Balaban J connectivity index is 1.32. The number of allylic oxidation sites excluding steroid dienone is 2. The van der Waals surface area contributed by atoms with Gasteiger partial charge in [-0.1, -0.05) is 53.2 Å². The minimum atomic E-state index is -2.45. The Bertz CT molecular complexity index is 1430. The summed E-state index contributed by atoms with van der Waals surface area (Å²) in [5, 5.41) is 9.73. The molecule has 5 nitrogen and oxygen atoms in total. The number of rotatable bonds is 8. The molecule has 0 amide bonds. The summed E-state index contributed by atoms with van der Waals surface area (Å²) in [7, 11) is 0. The van der Waals surface area contributed by atoms with E-state index in [0.29, 0.717) is 51.4 Å². The average molecular weight is 589 g/mol. The first-order valence-corrected chi connectivity index (χ1v) is 14.0. The van der Waals surface area contributed by atoms with Gasteiger partial charge in [-0.25, -0.2) is 0 Å². The van der Waals surface area contributed by atoms with Crippen molar-refractivity contribution in [2.75, 3.05) is 26.3 Å². The van der Waals surface area contributed by atoms with Crippen molar-refractivity contribution in [3.63, 3.8) is 0 Å². The monoisotopic (exact) mass is 587 g/mol. The van der Waals surface area contributed by atoms with E-state index < -0.39 is 5.76 Å². The molecular weight excluding hydrogens is 563 g/mol. The van der Waals surface area contributed by atoms with Crippen LogP contribution in [0.5, 0.6) is 0 Å². The molecule has 0 N–H and O–H groups in total. The summed E-state index contributed by atoms with van der Waals surface area (Å²) in [5.74, 6) is -1.28. The van der Waals surface area contributed by atoms with E-state index in [1.165, 1.54) is 5.57 Å². The zero-order valence-electron chi connectivity index (χ0n) is 20.8. The molecule has 1 aliphatic carbocycles. The zero-order valence-corrected chi connectivity index (χ0v) is 23.2. The van der Waals surface area contributed by atoms with Crippen LogP contribution in [0.2, 0.25) is 10.0 Å². The predicted molar refractivity (Wildman–Crippen MR) is 155 cm³/mol. The van der Waals surface area contributed by atoms with Crippen molar-refractivity contribution in [2.45, 2.75) is 23.5 Å². The molecule has 1 fully saturated rings. The molecule has 0 saturated carbocycles. The minimum absolute atomic E-state index is 0.503. The number of nitrogens with zero attached hydrogens (tertiary/aromatic N) is 3. The first-order chi connectivity index (χ1) is 19.0. The van der Waals surface area contributed by atoms with Crippen molar-refractivity contribution in [3.05, 3.63) is 92.8 Å². The van der Waals surface area contributed by atoms with Crippen molar-refractivity contribution in [2.24, 2.45) is 10.2 Å². The molecule has 0 spiro atoms. The van der Waals surface area contributed by atoms with Gasteiger partial charge in [-0.15, -0.1) is 0 Å². The van der Waals surface area contributed by atoms with Crippen LogP contribution < -0.4 is 0 Å². The fraction of sp³-hybridized carbons (Fsp3) is 0.241.